The second-order valence-corrected chi connectivity index (χ2v) is 10.7. The van der Waals surface area contributed by atoms with Crippen LogP contribution in [-0.4, -0.2) is 14.8 Å². The maximum Gasteiger partial charge on any atom is 0.191 e. The standard InChI is InChI=1S/C23H27ClFN3S/c1-2-6-28-21(13-23-10-15-7-16(11-23)9-17(8-15)12-23)26-27-22(28)29-14-18-19(24)4-3-5-20(18)25/h2-5,15-17H,1,6-14H2. The molecule has 3 nitrogen and oxygen atoms in total. The largest absolute Gasteiger partial charge is 0.302 e. The molecule has 4 aliphatic rings. The Balaban J connectivity index is 1.36. The third-order valence-corrected chi connectivity index (χ3v) is 8.56. The topological polar surface area (TPSA) is 30.7 Å². The predicted octanol–water partition coefficient (Wildman–Crippen LogP) is 6.31. The van der Waals surface area contributed by atoms with Gasteiger partial charge in [0.2, 0.25) is 0 Å². The molecular weight excluding hydrogens is 405 g/mol. The lowest BCUT2D eigenvalue weighted by Crippen LogP contribution is -2.47. The number of allylic oxidation sites excluding steroid dienone is 1. The van der Waals surface area contributed by atoms with E-state index in [4.69, 9.17) is 11.6 Å². The molecule has 0 N–H and O–H groups in total. The minimum absolute atomic E-state index is 0.270. The van der Waals surface area contributed by atoms with Gasteiger partial charge >= 0.3 is 0 Å². The van der Waals surface area contributed by atoms with Crippen LogP contribution in [0, 0.1) is 29.0 Å². The molecule has 0 atom stereocenters. The fraction of sp³-hybridized carbons (Fsp3) is 0.565. The fourth-order valence-corrected chi connectivity index (χ4v) is 7.83. The first-order chi connectivity index (χ1) is 14.0. The summed E-state index contributed by atoms with van der Waals surface area (Å²) in [5, 5.41) is 10.3. The number of aromatic nitrogens is 3. The van der Waals surface area contributed by atoms with Gasteiger partial charge in [-0.15, -0.1) is 16.8 Å². The quantitative estimate of drug-likeness (QED) is 0.380. The van der Waals surface area contributed by atoms with Crippen molar-refractivity contribution in [2.24, 2.45) is 23.2 Å². The summed E-state index contributed by atoms with van der Waals surface area (Å²) in [7, 11) is 0. The molecule has 6 heteroatoms. The number of benzene rings is 1. The molecule has 0 aliphatic heterocycles. The van der Waals surface area contributed by atoms with Crippen LogP contribution in [0.3, 0.4) is 0 Å². The molecule has 1 heterocycles. The number of thioether (sulfide) groups is 1. The van der Waals surface area contributed by atoms with Crippen molar-refractivity contribution in [1.82, 2.24) is 14.8 Å². The number of nitrogens with zero attached hydrogens (tertiary/aromatic N) is 3. The summed E-state index contributed by atoms with van der Waals surface area (Å²) in [6.07, 6.45) is 11.3. The molecule has 4 aliphatic carbocycles. The summed E-state index contributed by atoms with van der Waals surface area (Å²) in [6, 6.07) is 4.82. The Labute approximate surface area is 181 Å². The average molecular weight is 432 g/mol. The van der Waals surface area contributed by atoms with E-state index in [1.807, 2.05) is 6.08 Å². The number of hydrogen-bond donors (Lipinski definition) is 0. The Morgan fingerprint density at radius 2 is 1.86 bits per heavy atom. The molecule has 154 valence electrons. The SMILES string of the molecule is C=CCn1c(CC23CC4CC(CC(C4)C2)C3)nnc1SCc1c(F)cccc1Cl. The van der Waals surface area contributed by atoms with Crippen LogP contribution in [0.4, 0.5) is 4.39 Å². The van der Waals surface area contributed by atoms with Crippen LogP contribution in [0.25, 0.3) is 0 Å². The number of hydrogen-bond acceptors (Lipinski definition) is 3. The van der Waals surface area contributed by atoms with Crippen LogP contribution < -0.4 is 0 Å². The highest BCUT2D eigenvalue weighted by molar-refractivity contribution is 7.98. The minimum Gasteiger partial charge on any atom is -0.302 e. The molecule has 4 saturated carbocycles. The van der Waals surface area contributed by atoms with E-state index < -0.39 is 0 Å². The molecule has 2 aromatic rings. The van der Waals surface area contributed by atoms with Crippen LogP contribution in [-0.2, 0) is 18.7 Å². The zero-order valence-corrected chi connectivity index (χ0v) is 18.2. The third kappa shape index (κ3) is 3.76. The summed E-state index contributed by atoms with van der Waals surface area (Å²) >= 11 is 7.69. The molecule has 0 saturated heterocycles. The van der Waals surface area contributed by atoms with Crippen LogP contribution in [0.5, 0.6) is 0 Å². The lowest BCUT2D eigenvalue weighted by atomic mass is 9.49. The molecule has 6 rings (SSSR count). The minimum atomic E-state index is -0.270. The van der Waals surface area contributed by atoms with Gasteiger partial charge in [0, 0.05) is 29.3 Å². The first kappa shape index (κ1) is 19.6. The maximum atomic E-state index is 14.1. The summed E-state index contributed by atoms with van der Waals surface area (Å²) < 4.78 is 16.3. The number of rotatable bonds is 7. The van der Waals surface area contributed by atoms with Crippen LogP contribution in [0.2, 0.25) is 5.02 Å². The molecule has 4 fully saturated rings. The molecule has 0 amide bonds. The summed E-state index contributed by atoms with van der Waals surface area (Å²) in [4.78, 5) is 0. The first-order valence-electron chi connectivity index (χ1n) is 10.6. The second-order valence-electron chi connectivity index (χ2n) is 9.38. The van der Waals surface area contributed by atoms with E-state index in [1.165, 1.54) is 56.4 Å². The summed E-state index contributed by atoms with van der Waals surface area (Å²) in [6.45, 7) is 4.61. The van der Waals surface area contributed by atoms with Crippen LogP contribution >= 0.6 is 23.4 Å². The van der Waals surface area contributed by atoms with Gasteiger partial charge in [0.25, 0.3) is 0 Å². The molecular formula is C23H27ClFN3S. The molecule has 0 spiro atoms. The van der Waals surface area contributed by atoms with E-state index >= 15 is 0 Å². The zero-order valence-electron chi connectivity index (χ0n) is 16.6. The third-order valence-electron chi connectivity index (χ3n) is 7.21. The Morgan fingerprint density at radius 1 is 1.17 bits per heavy atom. The normalized spacial score (nSPS) is 30.1. The smallest absolute Gasteiger partial charge is 0.191 e. The van der Waals surface area contributed by atoms with Gasteiger partial charge in [-0.2, -0.15) is 0 Å². The highest BCUT2D eigenvalue weighted by atomic mass is 35.5. The van der Waals surface area contributed by atoms with Gasteiger partial charge in [-0.05, 0) is 73.8 Å². The Bertz CT molecular complexity index is 869. The van der Waals surface area contributed by atoms with E-state index in [0.29, 0.717) is 28.3 Å². The molecule has 0 radical (unpaired) electrons. The molecule has 0 unspecified atom stereocenters. The average Bonchev–Trinajstić information content (AvgIpc) is 3.01. The highest BCUT2D eigenvalue weighted by Crippen LogP contribution is 2.61. The Kier molecular flexibility index (Phi) is 5.23. The summed E-state index contributed by atoms with van der Waals surface area (Å²) in [5.74, 6) is 4.01. The highest BCUT2D eigenvalue weighted by Gasteiger charge is 2.51. The molecule has 4 bridgehead atoms. The van der Waals surface area contributed by atoms with Crippen molar-refractivity contribution in [1.29, 1.82) is 0 Å². The van der Waals surface area contributed by atoms with Gasteiger partial charge < -0.3 is 4.57 Å². The van der Waals surface area contributed by atoms with E-state index in [9.17, 15) is 4.39 Å². The monoisotopic (exact) mass is 431 g/mol. The second kappa shape index (κ2) is 7.73. The Morgan fingerprint density at radius 3 is 2.48 bits per heavy atom. The summed E-state index contributed by atoms with van der Waals surface area (Å²) in [5.41, 5.74) is 0.937. The van der Waals surface area contributed by atoms with Gasteiger partial charge in [0.05, 0.1) is 0 Å². The van der Waals surface area contributed by atoms with Crippen molar-refractivity contribution in [3.8, 4) is 0 Å². The van der Waals surface area contributed by atoms with E-state index in [0.717, 1.165) is 35.2 Å². The van der Waals surface area contributed by atoms with Crippen molar-refractivity contribution in [2.45, 2.75) is 62.4 Å². The van der Waals surface area contributed by atoms with Crippen LogP contribution in [0.1, 0.15) is 49.9 Å². The van der Waals surface area contributed by atoms with Crippen molar-refractivity contribution in [3.05, 3.63) is 53.1 Å². The predicted molar refractivity (Wildman–Crippen MR) is 115 cm³/mol. The number of halogens is 2. The lowest BCUT2D eigenvalue weighted by molar-refractivity contribution is -0.0535. The lowest BCUT2D eigenvalue weighted by Gasteiger charge is -2.56. The van der Waals surface area contributed by atoms with Gasteiger partial charge in [-0.1, -0.05) is 35.5 Å². The van der Waals surface area contributed by atoms with E-state index in [1.54, 1.807) is 12.1 Å². The Hall–Kier alpha value is -1.33. The van der Waals surface area contributed by atoms with E-state index in [2.05, 4.69) is 21.3 Å². The van der Waals surface area contributed by atoms with Gasteiger partial charge in [-0.3, -0.25) is 0 Å². The van der Waals surface area contributed by atoms with Crippen LogP contribution in [0.15, 0.2) is 36.0 Å². The van der Waals surface area contributed by atoms with Crippen molar-refractivity contribution < 1.29 is 4.39 Å². The van der Waals surface area contributed by atoms with E-state index in [-0.39, 0.29) is 5.82 Å². The molecule has 1 aromatic heterocycles. The maximum absolute atomic E-state index is 14.1. The van der Waals surface area contributed by atoms with Gasteiger partial charge in [-0.25, -0.2) is 4.39 Å². The van der Waals surface area contributed by atoms with Crippen molar-refractivity contribution in [3.63, 3.8) is 0 Å². The molecule has 1 aromatic carbocycles. The van der Waals surface area contributed by atoms with Gasteiger partial charge in [0.15, 0.2) is 5.16 Å². The van der Waals surface area contributed by atoms with Crippen molar-refractivity contribution in [2.75, 3.05) is 0 Å². The first-order valence-corrected chi connectivity index (χ1v) is 12.0. The zero-order chi connectivity index (χ0) is 20.0. The van der Waals surface area contributed by atoms with Crippen molar-refractivity contribution >= 4 is 23.4 Å². The van der Waals surface area contributed by atoms with Gasteiger partial charge in [0.1, 0.15) is 11.6 Å². The molecule has 29 heavy (non-hydrogen) atoms. The fourth-order valence-electron chi connectivity index (χ4n) is 6.52.